The number of hydrogen-bond acceptors (Lipinski definition) is 4. The number of unbranched alkanes of at least 4 members (excludes halogenated alkanes) is 2. The zero-order valence-corrected chi connectivity index (χ0v) is 16.9. The quantitative estimate of drug-likeness (QED) is 0.326. The van der Waals surface area contributed by atoms with Crippen molar-refractivity contribution in [1.82, 2.24) is 5.32 Å². The van der Waals surface area contributed by atoms with Crippen LogP contribution < -0.4 is 10.1 Å². The second-order valence-electron chi connectivity index (χ2n) is 6.59. The van der Waals surface area contributed by atoms with Crippen LogP contribution in [0.4, 0.5) is 0 Å². The van der Waals surface area contributed by atoms with E-state index in [4.69, 9.17) is 9.47 Å². The van der Waals surface area contributed by atoms with Gasteiger partial charge in [-0.2, -0.15) is 0 Å². The number of amides is 1. The molecule has 0 aliphatic heterocycles. The van der Waals surface area contributed by atoms with Crippen LogP contribution in [-0.4, -0.2) is 25.0 Å². The summed E-state index contributed by atoms with van der Waals surface area (Å²) in [4.78, 5) is 23.2. The van der Waals surface area contributed by atoms with Gasteiger partial charge in [0, 0.05) is 19.0 Å². The summed E-state index contributed by atoms with van der Waals surface area (Å²) < 4.78 is 10.7. The van der Waals surface area contributed by atoms with Gasteiger partial charge in [-0.15, -0.1) is 0 Å². The van der Waals surface area contributed by atoms with Crippen LogP contribution in [-0.2, 0) is 20.9 Å². The van der Waals surface area contributed by atoms with Crippen molar-refractivity contribution in [3.63, 3.8) is 0 Å². The minimum atomic E-state index is -0.158. The summed E-state index contributed by atoms with van der Waals surface area (Å²) >= 11 is 0. The summed E-state index contributed by atoms with van der Waals surface area (Å²) in [5.41, 5.74) is 2.01. The minimum Gasteiger partial charge on any atom is -0.489 e. The molecule has 2 rings (SSSR count). The highest BCUT2D eigenvalue weighted by molar-refractivity contribution is 5.91. The fourth-order valence-electron chi connectivity index (χ4n) is 2.70. The van der Waals surface area contributed by atoms with Gasteiger partial charge in [-0.05, 0) is 49.1 Å². The van der Waals surface area contributed by atoms with Crippen LogP contribution in [0.15, 0.2) is 60.7 Å². The van der Waals surface area contributed by atoms with Gasteiger partial charge in [0.25, 0.3) is 0 Å². The first-order valence-electron chi connectivity index (χ1n) is 10.1. The maximum atomic E-state index is 11.9. The van der Waals surface area contributed by atoms with E-state index < -0.39 is 0 Å². The van der Waals surface area contributed by atoms with Crippen LogP contribution in [0.1, 0.15) is 43.7 Å². The summed E-state index contributed by atoms with van der Waals surface area (Å²) in [5, 5.41) is 2.85. The van der Waals surface area contributed by atoms with E-state index in [-0.39, 0.29) is 11.9 Å². The summed E-state index contributed by atoms with van der Waals surface area (Å²) in [6.45, 7) is 3.31. The monoisotopic (exact) mass is 395 g/mol. The van der Waals surface area contributed by atoms with Crippen LogP contribution in [0.25, 0.3) is 6.08 Å². The highest BCUT2D eigenvalue weighted by Crippen LogP contribution is 2.16. The first-order valence-corrected chi connectivity index (χ1v) is 10.1. The molecule has 154 valence electrons. The molecular formula is C24H29NO4. The van der Waals surface area contributed by atoms with Crippen molar-refractivity contribution >= 4 is 18.0 Å². The SMILES string of the molecule is CCOC(=O)CCCCCNC(=O)/C=C/c1cccc(OCc2ccccc2)c1. The Bertz CT molecular complexity index is 786. The van der Waals surface area contributed by atoms with Gasteiger partial charge < -0.3 is 14.8 Å². The highest BCUT2D eigenvalue weighted by atomic mass is 16.5. The van der Waals surface area contributed by atoms with Gasteiger partial charge in [0.05, 0.1) is 6.61 Å². The van der Waals surface area contributed by atoms with Gasteiger partial charge in [-0.25, -0.2) is 0 Å². The van der Waals surface area contributed by atoms with Crippen LogP contribution in [0.5, 0.6) is 5.75 Å². The number of ether oxygens (including phenoxy) is 2. The Morgan fingerprint density at radius 1 is 1.00 bits per heavy atom. The zero-order chi connectivity index (χ0) is 20.7. The van der Waals surface area contributed by atoms with Crippen molar-refractivity contribution in [2.24, 2.45) is 0 Å². The molecule has 0 unspecified atom stereocenters. The predicted octanol–water partition coefficient (Wildman–Crippen LogP) is 4.52. The molecule has 0 aliphatic rings. The van der Waals surface area contributed by atoms with Gasteiger partial charge in [0.1, 0.15) is 12.4 Å². The molecule has 5 heteroatoms. The lowest BCUT2D eigenvalue weighted by Gasteiger charge is -2.07. The molecule has 2 aromatic carbocycles. The summed E-state index contributed by atoms with van der Waals surface area (Å²) in [5.74, 6) is 0.471. The minimum absolute atomic E-state index is 0.133. The molecule has 0 bridgehead atoms. The summed E-state index contributed by atoms with van der Waals surface area (Å²) in [6, 6.07) is 17.6. The number of carbonyl (C=O) groups is 2. The Hall–Kier alpha value is -3.08. The van der Waals surface area contributed by atoms with Crippen molar-refractivity contribution in [3.05, 3.63) is 71.8 Å². The van der Waals surface area contributed by atoms with Crippen molar-refractivity contribution in [2.75, 3.05) is 13.2 Å². The van der Waals surface area contributed by atoms with E-state index in [0.29, 0.717) is 26.2 Å². The fraction of sp³-hybridized carbons (Fsp3) is 0.333. The topological polar surface area (TPSA) is 64.6 Å². The second-order valence-corrected chi connectivity index (χ2v) is 6.59. The first kappa shape index (κ1) is 22.2. The fourth-order valence-corrected chi connectivity index (χ4v) is 2.70. The van der Waals surface area contributed by atoms with E-state index >= 15 is 0 Å². The Morgan fingerprint density at radius 3 is 2.62 bits per heavy atom. The number of esters is 1. The van der Waals surface area contributed by atoms with Crippen molar-refractivity contribution < 1.29 is 19.1 Å². The maximum Gasteiger partial charge on any atom is 0.305 e. The van der Waals surface area contributed by atoms with E-state index in [9.17, 15) is 9.59 Å². The molecule has 0 atom stereocenters. The molecule has 0 heterocycles. The molecule has 0 saturated heterocycles. The molecule has 0 spiro atoms. The van der Waals surface area contributed by atoms with E-state index in [2.05, 4.69) is 5.32 Å². The molecule has 0 aliphatic carbocycles. The van der Waals surface area contributed by atoms with E-state index in [1.807, 2.05) is 54.6 Å². The number of carbonyl (C=O) groups excluding carboxylic acids is 2. The molecule has 1 N–H and O–H groups in total. The van der Waals surface area contributed by atoms with Gasteiger partial charge in [0.15, 0.2) is 0 Å². The van der Waals surface area contributed by atoms with Crippen LogP contribution >= 0.6 is 0 Å². The van der Waals surface area contributed by atoms with E-state index in [0.717, 1.165) is 36.1 Å². The lowest BCUT2D eigenvalue weighted by atomic mass is 10.2. The average Bonchev–Trinajstić information content (AvgIpc) is 2.74. The lowest BCUT2D eigenvalue weighted by molar-refractivity contribution is -0.143. The smallest absolute Gasteiger partial charge is 0.305 e. The molecule has 2 aromatic rings. The zero-order valence-electron chi connectivity index (χ0n) is 16.9. The lowest BCUT2D eigenvalue weighted by Crippen LogP contribution is -2.22. The number of benzene rings is 2. The first-order chi connectivity index (χ1) is 14.2. The number of rotatable bonds is 12. The van der Waals surface area contributed by atoms with Crippen LogP contribution in [0.3, 0.4) is 0 Å². The molecule has 0 radical (unpaired) electrons. The number of nitrogens with one attached hydrogen (secondary N) is 1. The maximum absolute atomic E-state index is 11.9. The summed E-state index contributed by atoms with van der Waals surface area (Å²) in [7, 11) is 0. The third-order valence-corrected chi connectivity index (χ3v) is 4.20. The standard InChI is InChI=1S/C24H29NO4/c1-2-28-24(27)14-7-4-8-17-25-23(26)16-15-20-12-9-13-22(18-20)29-19-21-10-5-3-6-11-21/h3,5-6,9-13,15-16,18H,2,4,7-8,14,17,19H2,1H3,(H,25,26)/b16-15+. The molecule has 0 fully saturated rings. The van der Waals surface area contributed by atoms with Crippen LogP contribution in [0.2, 0.25) is 0 Å². The highest BCUT2D eigenvalue weighted by Gasteiger charge is 2.01. The predicted molar refractivity (Wildman–Crippen MR) is 114 cm³/mol. The Labute approximate surface area is 172 Å². The van der Waals surface area contributed by atoms with Crippen molar-refractivity contribution in [2.45, 2.75) is 39.2 Å². The molecule has 0 saturated carbocycles. The molecular weight excluding hydrogens is 366 g/mol. The molecule has 0 aromatic heterocycles. The largest absolute Gasteiger partial charge is 0.489 e. The van der Waals surface area contributed by atoms with Crippen LogP contribution in [0, 0.1) is 0 Å². The third kappa shape index (κ3) is 9.60. The van der Waals surface area contributed by atoms with E-state index in [1.54, 1.807) is 13.0 Å². The van der Waals surface area contributed by atoms with Gasteiger partial charge in [0.2, 0.25) is 5.91 Å². The Morgan fingerprint density at radius 2 is 1.83 bits per heavy atom. The Kier molecular flexibility index (Phi) is 10.1. The molecule has 5 nitrogen and oxygen atoms in total. The van der Waals surface area contributed by atoms with Gasteiger partial charge >= 0.3 is 5.97 Å². The molecule has 1 amide bonds. The number of hydrogen-bond donors (Lipinski definition) is 1. The van der Waals surface area contributed by atoms with Gasteiger partial charge in [-0.1, -0.05) is 48.9 Å². The second kappa shape index (κ2) is 13.2. The third-order valence-electron chi connectivity index (χ3n) is 4.20. The van der Waals surface area contributed by atoms with E-state index in [1.165, 1.54) is 6.08 Å². The normalized spacial score (nSPS) is 10.7. The van der Waals surface area contributed by atoms with Crippen molar-refractivity contribution in [1.29, 1.82) is 0 Å². The summed E-state index contributed by atoms with van der Waals surface area (Å²) in [6.07, 6.45) is 6.22. The Balaban J connectivity index is 1.67. The molecule has 29 heavy (non-hydrogen) atoms. The average molecular weight is 395 g/mol. The van der Waals surface area contributed by atoms with Gasteiger partial charge in [-0.3, -0.25) is 9.59 Å². The van der Waals surface area contributed by atoms with Crippen molar-refractivity contribution in [3.8, 4) is 5.75 Å².